The molecule has 0 spiro atoms. The molecule has 5 nitrogen and oxygen atoms in total. The molecule has 0 saturated heterocycles. The second-order valence-corrected chi connectivity index (χ2v) is 6.37. The molecule has 23 heavy (non-hydrogen) atoms. The second kappa shape index (κ2) is 8.49. The molecule has 0 radical (unpaired) electrons. The van der Waals surface area contributed by atoms with E-state index in [1.54, 1.807) is 14.0 Å². The lowest BCUT2D eigenvalue weighted by molar-refractivity contribution is 0.0487. The lowest BCUT2D eigenvalue weighted by Gasteiger charge is -2.07. The van der Waals surface area contributed by atoms with Crippen molar-refractivity contribution in [2.24, 2.45) is 0 Å². The van der Waals surface area contributed by atoms with Crippen molar-refractivity contribution < 1.29 is 18.7 Å². The van der Waals surface area contributed by atoms with Crippen LogP contribution < -0.4 is 4.74 Å². The molecule has 0 aliphatic rings. The number of carbonyl (C=O) groups excluding carboxylic acids is 1. The first-order chi connectivity index (χ1) is 11.1. The molecule has 0 aliphatic carbocycles. The van der Waals surface area contributed by atoms with Gasteiger partial charge < -0.3 is 13.9 Å². The van der Waals surface area contributed by atoms with Crippen molar-refractivity contribution in [3.05, 3.63) is 47.2 Å². The summed E-state index contributed by atoms with van der Waals surface area (Å²) in [6, 6.07) is 7.76. The van der Waals surface area contributed by atoms with Gasteiger partial charge >= 0.3 is 5.97 Å². The quantitative estimate of drug-likeness (QED) is 0.465. The second-order valence-electron chi connectivity index (χ2n) is 4.70. The minimum atomic E-state index is -0.496. The topological polar surface area (TPSA) is 61.6 Å². The molecule has 1 aromatic heterocycles. The van der Waals surface area contributed by atoms with Crippen molar-refractivity contribution in [2.45, 2.75) is 23.5 Å². The minimum Gasteiger partial charge on any atom is -0.497 e. The molecule has 0 N–H and O–H groups in total. The van der Waals surface area contributed by atoms with Crippen LogP contribution in [0.3, 0.4) is 0 Å². The Labute approximate surface area is 151 Å². The van der Waals surface area contributed by atoms with Gasteiger partial charge in [0.1, 0.15) is 11.4 Å². The molecule has 7 heteroatoms. The number of nitrogens with zero attached hydrogens (tertiary/aromatic N) is 1. The molecule has 124 valence electrons. The number of hydrogen-bond donors (Lipinski definition) is 0. The van der Waals surface area contributed by atoms with Gasteiger partial charge in [0.05, 0.1) is 18.5 Å². The number of aromatic nitrogens is 1. The van der Waals surface area contributed by atoms with Gasteiger partial charge in [0.2, 0.25) is 11.7 Å². The number of methoxy groups -OCH3 is 1. The van der Waals surface area contributed by atoms with E-state index in [1.807, 2.05) is 24.3 Å². The van der Waals surface area contributed by atoms with E-state index in [0.717, 1.165) is 11.3 Å². The third-order valence-electron chi connectivity index (χ3n) is 3.14. The number of esters is 1. The Balaban J connectivity index is 2.14. The maximum atomic E-state index is 11.9. The fraction of sp³-hybridized carbons (Fsp3) is 0.375. The highest BCUT2D eigenvalue weighted by Gasteiger charge is 2.24. The van der Waals surface area contributed by atoms with Crippen molar-refractivity contribution in [2.75, 3.05) is 13.7 Å². The molecule has 1 aromatic carbocycles. The first-order valence-corrected chi connectivity index (χ1v) is 9.12. The third-order valence-corrected chi connectivity index (χ3v) is 4.39. The first kappa shape index (κ1) is 18.0. The Morgan fingerprint density at radius 3 is 2.61 bits per heavy atom. The van der Waals surface area contributed by atoms with E-state index in [0.29, 0.717) is 29.9 Å². The molecule has 1 heterocycles. The lowest BCUT2D eigenvalue weighted by atomic mass is 10.1. The van der Waals surface area contributed by atoms with Crippen LogP contribution in [0.1, 0.15) is 39.5 Å². The van der Waals surface area contributed by atoms with E-state index < -0.39 is 5.97 Å². The summed E-state index contributed by atoms with van der Waals surface area (Å²) in [5.41, 5.74) is 1.64. The van der Waals surface area contributed by atoms with Crippen LogP contribution >= 0.6 is 31.9 Å². The van der Waals surface area contributed by atoms with Crippen LogP contribution in [0.15, 0.2) is 28.7 Å². The number of rotatable bonds is 7. The molecule has 0 saturated carbocycles. The van der Waals surface area contributed by atoms with Crippen molar-refractivity contribution in [3.63, 3.8) is 0 Å². The van der Waals surface area contributed by atoms with Crippen molar-refractivity contribution in [3.8, 4) is 5.75 Å². The number of ether oxygens (including phenoxy) is 2. The monoisotopic (exact) mass is 445 g/mol. The average molecular weight is 447 g/mol. The summed E-state index contributed by atoms with van der Waals surface area (Å²) in [7, 11) is 1.63. The number of halogens is 2. The predicted octanol–water partition coefficient (Wildman–Crippen LogP) is 4.43. The molecular formula is C16H17Br2NO4. The fourth-order valence-corrected chi connectivity index (χ4v) is 2.96. The Morgan fingerprint density at radius 1 is 1.35 bits per heavy atom. The Bertz CT molecular complexity index is 655. The highest BCUT2D eigenvalue weighted by molar-refractivity contribution is 9.09. The van der Waals surface area contributed by atoms with Gasteiger partial charge in [-0.1, -0.05) is 44.0 Å². The standard InChI is InChI=1S/C16H17Br2NO4/c1-3-22-16(20)14-13(9-17)19-15(23-14)12(18)8-10-4-6-11(21-2)7-5-10/h4-7,12H,3,8-9H2,1-2H3. The maximum absolute atomic E-state index is 11.9. The van der Waals surface area contributed by atoms with Gasteiger partial charge in [-0.25, -0.2) is 9.78 Å². The summed E-state index contributed by atoms with van der Waals surface area (Å²) >= 11 is 6.88. The molecular weight excluding hydrogens is 430 g/mol. The third kappa shape index (κ3) is 4.57. The molecule has 0 aliphatic heterocycles. The first-order valence-electron chi connectivity index (χ1n) is 7.08. The number of oxazole rings is 1. The Kier molecular flexibility index (Phi) is 6.65. The van der Waals surface area contributed by atoms with Crippen LogP contribution in [0.25, 0.3) is 0 Å². The smallest absolute Gasteiger partial charge is 0.376 e. The van der Waals surface area contributed by atoms with E-state index in [2.05, 4.69) is 36.8 Å². The minimum absolute atomic E-state index is 0.142. The Morgan fingerprint density at radius 2 is 2.04 bits per heavy atom. The number of carbonyl (C=O) groups is 1. The summed E-state index contributed by atoms with van der Waals surface area (Å²) in [4.78, 5) is 16.1. The van der Waals surface area contributed by atoms with Gasteiger partial charge in [0, 0.05) is 5.33 Å². The van der Waals surface area contributed by atoms with Crippen LogP contribution in [-0.4, -0.2) is 24.7 Å². The summed E-state index contributed by atoms with van der Waals surface area (Å²) in [5, 5.41) is 0.424. The summed E-state index contributed by atoms with van der Waals surface area (Å²) in [6.45, 7) is 2.04. The lowest BCUT2D eigenvalue weighted by Crippen LogP contribution is -2.05. The van der Waals surface area contributed by atoms with Crippen molar-refractivity contribution >= 4 is 37.8 Å². The zero-order valence-electron chi connectivity index (χ0n) is 12.8. The molecule has 1 atom stereocenters. The SMILES string of the molecule is CCOC(=O)c1oc(C(Br)Cc2ccc(OC)cc2)nc1CBr. The van der Waals surface area contributed by atoms with Crippen molar-refractivity contribution in [1.29, 1.82) is 0 Å². The predicted molar refractivity (Wildman–Crippen MR) is 93.5 cm³/mol. The largest absolute Gasteiger partial charge is 0.497 e. The maximum Gasteiger partial charge on any atom is 0.376 e. The highest BCUT2D eigenvalue weighted by atomic mass is 79.9. The van der Waals surface area contributed by atoms with Gasteiger partial charge in [0.25, 0.3) is 0 Å². The Hall–Kier alpha value is -1.34. The summed E-state index contributed by atoms with van der Waals surface area (Å²) in [6.07, 6.45) is 0.675. The number of alkyl halides is 2. The highest BCUT2D eigenvalue weighted by Crippen LogP contribution is 2.29. The number of benzene rings is 1. The van der Waals surface area contributed by atoms with Gasteiger partial charge in [-0.05, 0) is 31.0 Å². The van der Waals surface area contributed by atoms with E-state index in [9.17, 15) is 4.79 Å². The van der Waals surface area contributed by atoms with Crippen LogP contribution in [0, 0.1) is 0 Å². The number of hydrogen-bond acceptors (Lipinski definition) is 5. The van der Waals surface area contributed by atoms with Gasteiger partial charge in [0.15, 0.2) is 0 Å². The van der Waals surface area contributed by atoms with E-state index in [-0.39, 0.29) is 10.6 Å². The summed E-state index contributed by atoms with van der Waals surface area (Å²) in [5.74, 6) is 0.920. The van der Waals surface area contributed by atoms with Crippen LogP contribution in [0.2, 0.25) is 0 Å². The zero-order chi connectivity index (χ0) is 16.8. The van der Waals surface area contributed by atoms with Gasteiger partial charge in [-0.15, -0.1) is 0 Å². The van der Waals surface area contributed by atoms with Crippen molar-refractivity contribution in [1.82, 2.24) is 4.98 Å². The molecule has 2 aromatic rings. The van der Waals surface area contributed by atoms with Crippen LogP contribution in [0.4, 0.5) is 0 Å². The molecule has 1 unspecified atom stereocenters. The van der Waals surface area contributed by atoms with Gasteiger partial charge in [-0.2, -0.15) is 0 Å². The van der Waals surface area contributed by atoms with Crippen LogP contribution in [0.5, 0.6) is 5.75 Å². The summed E-state index contributed by atoms with van der Waals surface area (Å²) < 4.78 is 15.7. The van der Waals surface area contributed by atoms with Crippen LogP contribution in [-0.2, 0) is 16.5 Å². The van der Waals surface area contributed by atoms with E-state index in [1.165, 1.54) is 0 Å². The normalized spacial score (nSPS) is 12.0. The molecule has 0 amide bonds. The molecule has 2 rings (SSSR count). The molecule has 0 bridgehead atoms. The average Bonchev–Trinajstić information content (AvgIpc) is 3.00. The fourth-order valence-electron chi connectivity index (χ4n) is 2.01. The van der Waals surface area contributed by atoms with Gasteiger partial charge in [-0.3, -0.25) is 0 Å². The zero-order valence-corrected chi connectivity index (χ0v) is 16.0. The van der Waals surface area contributed by atoms with E-state index >= 15 is 0 Å². The van der Waals surface area contributed by atoms with E-state index in [4.69, 9.17) is 13.9 Å². The molecule has 0 fully saturated rings.